The van der Waals surface area contributed by atoms with Gasteiger partial charge in [-0.05, 0) is 73.2 Å². The van der Waals surface area contributed by atoms with E-state index in [1.54, 1.807) is 77.1 Å². The van der Waals surface area contributed by atoms with Crippen LogP contribution in [0.5, 0.6) is 0 Å². The third-order valence-electron chi connectivity index (χ3n) is 13.5. The lowest BCUT2D eigenvalue weighted by molar-refractivity contribution is -0.217. The van der Waals surface area contributed by atoms with E-state index < -0.39 is 101 Å². The average molecular weight is 936 g/mol. The molecule has 3 aromatic rings. The number of hydroxylamine groups is 2. The van der Waals surface area contributed by atoms with Gasteiger partial charge < -0.3 is 44.2 Å². The van der Waals surface area contributed by atoms with Crippen LogP contribution in [0, 0.1) is 10.8 Å². The van der Waals surface area contributed by atoms with Crippen LogP contribution in [0.2, 0.25) is 0 Å². The second-order valence-corrected chi connectivity index (χ2v) is 20.3. The molecule has 9 rings (SSSR count). The fraction of sp³-hybridized carbons (Fsp3) is 0.490. The van der Waals surface area contributed by atoms with Crippen LogP contribution in [-0.2, 0) is 83.2 Å². The van der Waals surface area contributed by atoms with Crippen LogP contribution < -0.4 is 10.6 Å². The molecular weight excluding hydrogens is 879 g/mol. The Balaban J connectivity index is 0.919. The number of hydrogen-bond donors (Lipinski definition) is 3. The van der Waals surface area contributed by atoms with Crippen molar-refractivity contribution in [3.63, 3.8) is 0 Å². The van der Waals surface area contributed by atoms with Gasteiger partial charge in [-0.1, -0.05) is 74.5 Å². The van der Waals surface area contributed by atoms with E-state index in [0.717, 1.165) is 16.7 Å². The highest BCUT2D eigenvalue weighted by molar-refractivity contribution is 5.95. The summed E-state index contributed by atoms with van der Waals surface area (Å²) >= 11 is 0. The molecule has 2 amide bonds. The topological polar surface area (TPSA) is 215 Å². The number of nitrogens with one attached hydrogen (secondary N) is 2. The largest absolute Gasteiger partial charge is 0.462 e. The molecule has 0 radical (unpaired) electrons. The summed E-state index contributed by atoms with van der Waals surface area (Å²) in [7, 11) is 0. The third kappa shape index (κ3) is 9.29. The summed E-state index contributed by atoms with van der Waals surface area (Å²) in [6.07, 6.45) is -0.190. The monoisotopic (exact) mass is 935 g/mol. The fourth-order valence-electron chi connectivity index (χ4n) is 10.3. The smallest absolute Gasteiger partial charge is 0.348 e. The Morgan fingerprint density at radius 2 is 1.65 bits per heavy atom. The molecular formula is C51H57N3O14. The third-order valence-corrected chi connectivity index (χ3v) is 13.5. The van der Waals surface area contributed by atoms with Gasteiger partial charge in [0.05, 0.1) is 19.2 Å². The van der Waals surface area contributed by atoms with Gasteiger partial charge in [0.2, 0.25) is 12.0 Å². The predicted molar refractivity (Wildman–Crippen MR) is 239 cm³/mol. The maximum atomic E-state index is 15.0. The van der Waals surface area contributed by atoms with Crippen molar-refractivity contribution >= 4 is 41.8 Å². The van der Waals surface area contributed by atoms with Crippen LogP contribution in [-0.4, -0.2) is 113 Å². The average Bonchev–Trinajstić information content (AvgIpc) is 4.03. The van der Waals surface area contributed by atoms with E-state index in [4.69, 9.17) is 33.3 Å². The first-order valence-corrected chi connectivity index (χ1v) is 23.1. The molecule has 0 unspecified atom stereocenters. The molecule has 17 heteroatoms. The first-order valence-electron chi connectivity index (χ1n) is 23.1. The second kappa shape index (κ2) is 18.2. The molecule has 4 heterocycles. The first kappa shape index (κ1) is 47.1. The Bertz CT molecular complexity index is 2490. The zero-order valence-corrected chi connectivity index (χ0v) is 38.7. The Morgan fingerprint density at radius 3 is 2.32 bits per heavy atom. The van der Waals surface area contributed by atoms with Gasteiger partial charge in [0.25, 0.3) is 5.91 Å². The SMILES string of the molecule is CC(C)(C)OC(=O)CC[C@@H](CO)NC(=O)c1cccc(CNC(=O)[C@@]23C[C@H]4OC(=O)[C@@H]2N(Cc2ccc(C=CC(=O)O[C@H]5C(=O)OCC5(C)C)cc2)O[C@@H]3[C@H]2OC3(Cc5ccccc5C3)O[C@H]24)c1. The van der Waals surface area contributed by atoms with Crippen LogP contribution in [0.1, 0.15) is 92.1 Å². The maximum Gasteiger partial charge on any atom is 0.348 e. The number of cyclic esters (lactones) is 1. The summed E-state index contributed by atoms with van der Waals surface area (Å²) in [5, 5.41) is 17.3. The molecule has 8 atom stereocenters. The molecule has 360 valence electrons. The lowest BCUT2D eigenvalue weighted by Crippen LogP contribution is -2.69. The molecule has 68 heavy (non-hydrogen) atoms. The number of benzene rings is 3. The Morgan fingerprint density at radius 1 is 0.926 bits per heavy atom. The standard InChI is InChI=1S/C51H57N3O14/c1-48(2,3)65-38(57)20-18-35(27-55)53-44(58)32-12-8-9-31(21-32)25-52-47(61)51-24-36-39-40(67-50(66-39)22-33-10-6-7-11-34(33)23-50)42(51)68-54(41(51)45(59)63-36)26-30-15-13-29(14-16-30)17-19-37(56)64-43-46(60)62-28-49(43,4)5/h6-17,19,21,35-36,39-43,55H,18,20,22-28H2,1-5H3,(H,52,61)(H,53,58)/t35-,36+,39-,40-,41-,42+,43-,51-/m0/s1. The molecule has 2 bridgehead atoms. The highest BCUT2D eigenvalue weighted by atomic mass is 16.8. The molecule has 0 aromatic heterocycles. The van der Waals surface area contributed by atoms with Crippen molar-refractivity contribution in [2.24, 2.45) is 10.8 Å². The lowest BCUT2D eigenvalue weighted by atomic mass is 9.62. The summed E-state index contributed by atoms with van der Waals surface area (Å²) in [4.78, 5) is 86.5. The van der Waals surface area contributed by atoms with Crippen molar-refractivity contribution in [3.8, 4) is 0 Å². The van der Waals surface area contributed by atoms with Gasteiger partial charge >= 0.3 is 23.9 Å². The molecule has 5 fully saturated rings. The summed E-state index contributed by atoms with van der Waals surface area (Å²) in [6.45, 7) is 8.72. The summed E-state index contributed by atoms with van der Waals surface area (Å²) in [5.41, 5.74) is 1.68. The summed E-state index contributed by atoms with van der Waals surface area (Å²) in [6, 6.07) is 20.0. The second-order valence-electron chi connectivity index (χ2n) is 20.3. The van der Waals surface area contributed by atoms with Gasteiger partial charge in [0.1, 0.15) is 42.0 Å². The summed E-state index contributed by atoms with van der Waals surface area (Å²) in [5.74, 6) is -4.29. The van der Waals surface area contributed by atoms with Crippen molar-refractivity contribution in [2.45, 2.75) is 134 Å². The number of fused-ring (bicyclic) bond motifs is 5. The van der Waals surface area contributed by atoms with Gasteiger partial charge in [0.15, 0.2) is 11.8 Å². The normalized spacial score (nSPS) is 27.8. The zero-order chi connectivity index (χ0) is 48.2. The highest BCUT2D eigenvalue weighted by Crippen LogP contribution is 2.58. The van der Waals surface area contributed by atoms with Gasteiger partial charge in [-0.3, -0.25) is 24.0 Å². The molecule has 2 aliphatic carbocycles. The van der Waals surface area contributed by atoms with Crippen LogP contribution in [0.3, 0.4) is 0 Å². The van der Waals surface area contributed by atoms with E-state index in [0.29, 0.717) is 24.0 Å². The Kier molecular flexibility index (Phi) is 12.6. The van der Waals surface area contributed by atoms with Crippen molar-refractivity contribution in [3.05, 3.63) is 112 Å². The number of hydrogen-bond acceptors (Lipinski definition) is 15. The van der Waals surface area contributed by atoms with Crippen LogP contribution in [0.25, 0.3) is 6.08 Å². The lowest BCUT2D eigenvalue weighted by Gasteiger charge is -2.48. The number of carbonyl (C=O) groups is 6. The molecule has 6 aliphatic rings. The van der Waals surface area contributed by atoms with E-state index in [-0.39, 0.29) is 51.1 Å². The molecule has 3 aromatic carbocycles. The molecule has 1 saturated carbocycles. The molecule has 1 spiro atoms. The molecule has 4 aliphatic heterocycles. The quantitative estimate of drug-likeness (QED) is 0.119. The minimum Gasteiger partial charge on any atom is -0.462 e. The van der Waals surface area contributed by atoms with Crippen molar-refractivity contribution in [1.29, 1.82) is 0 Å². The number of aliphatic hydroxyl groups is 1. The Hall–Kier alpha value is -5.98. The van der Waals surface area contributed by atoms with Gasteiger partial charge in [-0.25, -0.2) is 9.59 Å². The van der Waals surface area contributed by atoms with Crippen molar-refractivity contribution in [2.75, 3.05) is 13.2 Å². The Labute approximate surface area is 393 Å². The molecule has 4 saturated heterocycles. The van der Waals surface area contributed by atoms with E-state index in [1.807, 2.05) is 36.4 Å². The molecule has 17 nitrogen and oxygen atoms in total. The highest BCUT2D eigenvalue weighted by Gasteiger charge is 2.76. The van der Waals surface area contributed by atoms with Gasteiger partial charge in [-0.2, -0.15) is 5.06 Å². The number of ether oxygens (including phenoxy) is 6. The van der Waals surface area contributed by atoms with E-state index in [9.17, 15) is 29.1 Å². The number of carbonyl (C=O) groups excluding carboxylic acids is 6. The zero-order valence-electron chi connectivity index (χ0n) is 38.7. The van der Waals surface area contributed by atoms with Gasteiger partial charge in [0, 0.05) is 49.3 Å². The van der Waals surface area contributed by atoms with Gasteiger partial charge in [-0.15, -0.1) is 0 Å². The predicted octanol–water partition coefficient (Wildman–Crippen LogP) is 3.80. The maximum absolute atomic E-state index is 15.0. The number of esters is 4. The summed E-state index contributed by atoms with van der Waals surface area (Å²) < 4.78 is 35.6. The number of rotatable bonds is 14. The van der Waals surface area contributed by atoms with Crippen molar-refractivity contribution in [1.82, 2.24) is 15.7 Å². The number of aliphatic hydroxyl groups excluding tert-OH is 1. The van der Waals surface area contributed by atoms with Crippen molar-refractivity contribution < 1.29 is 67.1 Å². The van der Waals surface area contributed by atoms with Crippen LogP contribution in [0.15, 0.2) is 78.9 Å². The number of amides is 2. The molecule has 3 N–H and O–H groups in total. The van der Waals surface area contributed by atoms with E-state index >= 15 is 4.79 Å². The minimum atomic E-state index is -1.47. The number of nitrogens with zero attached hydrogens (tertiary/aromatic N) is 1. The fourth-order valence-corrected chi connectivity index (χ4v) is 10.3. The minimum absolute atomic E-state index is 0.00133. The van der Waals surface area contributed by atoms with E-state index in [1.165, 1.54) is 11.1 Å². The van der Waals surface area contributed by atoms with Crippen LogP contribution >= 0.6 is 0 Å². The van der Waals surface area contributed by atoms with Crippen LogP contribution in [0.4, 0.5) is 0 Å². The van der Waals surface area contributed by atoms with E-state index in [2.05, 4.69) is 10.6 Å². The first-order chi connectivity index (χ1) is 32.3.